The molecule has 5 rings (SSSR count). The number of pyridine rings is 2. The average Bonchev–Trinajstić information content (AvgIpc) is 2.76. The van der Waals surface area contributed by atoms with Crippen molar-refractivity contribution in [1.82, 2.24) is 4.40 Å². The number of aryl methyl sites for hydroxylation is 1. The van der Waals surface area contributed by atoms with Gasteiger partial charge in [-0.05, 0) is 52.8 Å². The molecule has 0 aliphatic rings. The van der Waals surface area contributed by atoms with E-state index >= 15 is 0 Å². The van der Waals surface area contributed by atoms with Gasteiger partial charge in [0.25, 0.3) is 5.56 Å². The van der Waals surface area contributed by atoms with Gasteiger partial charge in [-0.2, -0.15) is 0 Å². The number of aromatic nitrogens is 1. The van der Waals surface area contributed by atoms with E-state index in [2.05, 4.69) is 18.2 Å². The summed E-state index contributed by atoms with van der Waals surface area (Å²) in [6.45, 7) is 2.04. The number of fused-ring (bicyclic) bond motifs is 3. The fourth-order valence-electron chi connectivity index (χ4n) is 4.01. The summed E-state index contributed by atoms with van der Waals surface area (Å²) in [6, 6.07) is 27.9. The van der Waals surface area contributed by atoms with Crippen LogP contribution in [0.15, 0.2) is 95.9 Å². The first-order chi connectivity index (χ1) is 14.1. The molecule has 140 valence electrons. The van der Waals surface area contributed by atoms with E-state index in [-0.39, 0.29) is 5.56 Å². The summed E-state index contributed by atoms with van der Waals surface area (Å²) in [4.78, 5) is 13.7. The Kier molecular flexibility index (Phi) is 4.22. The zero-order valence-corrected chi connectivity index (χ0v) is 16.6. The van der Waals surface area contributed by atoms with Crippen molar-refractivity contribution in [3.05, 3.63) is 112 Å². The third-order valence-electron chi connectivity index (χ3n) is 5.41. The number of halogens is 1. The lowest BCUT2D eigenvalue weighted by Gasteiger charge is -2.15. The Hall–Kier alpha value is -3.36. The Bertz CT molecular complexity index is 1420. The van der Waals surface area contributed by atoms with E-state index in [0.29, 0.717) is 10.6 Å². The molecule has 0 aliphatic carbocycles. The fraction of sp³-hybridized carbons (Fsp3) is 0.0385. The molecule has 0 radical (unpaired) electrons. The Balaban J connectivity index is 1.97. The van der Waals surface area contributed by atoms with Gasteiger partial charge in [-0.25, -0.2) is 0 Å². The Morgan fingerprint density at radius 1 is 0.759 bits per heavy atom. The molecular weight excluding hydrogens is 378 g/mol. The lowest BCUT2D eigenvalue weighted by molar-refractivity contribution is 1.09. The minimum absolute atomic E-state index is 0.0301. The van der Waals surface area contributed by atoms with Crippen LogP contribution in [0.3, 0.4) is 0 Å². The second kappa shape index (κ2) is 6.91. The second-order valence-electron chi connectivity index (χ2n) is 7.22. The molecular formula is C26H18ClNO. The molecule has 0 bridgehead atoms. The molecule has 0 aliphatic heterocycles. The summed E-state index contributed by atoms with van der Waals surface area (Å²) in [7, 11) is 0. The first kappa shape index (κ1) is 17.7. The topological polar surface area (TPSA) is 21.5 Å². The molecule has 5 aromatic rings. The maximum absolute atomic E-state index is 13.7. The number of nitrogens with zero attached hydrogens (tertiary/aromatic N) is 1. The van der Waals surface area contributed by atoms with E-state index in [9.17, 15) is 4.79 Å². The van der Waals surface area contributed by atoms with Crippen LogP contribution in [0.25, 0.3) is 38.5 Å². The van der Waals surface area contributed by atoms with Gasteiger partial charge in [0, 0.05) is 16.6 Å². The van der Waals surface area contributed by atoms with Crippen molar-refractivity contribution in [1.29, 1.82) is 0 Å². The van der Waals surface area contributed by atoms with E-state index in [4.69, 9.17) is 11.6 Å². The van der Waals surface area contributed by atoms with E-state index in [1.165, 1.54) is 0 Å². The van der Waals surface area contributed by atoms with Gasteiger partial charge in [-0.15, -0.1) is 0 Å². The highest BCUT2D eigenvalue weighted by Crippen LogP contribution is 2.33. The summed E-state index contributed by atoms with van der Waals surface area (Å²) in [6.07, 6.45) is 1.94. The fourth-order valence-corrected chi connectivity index (χ4v) is 4.14. The normalized spacial score (nSPS) is 11.2. The minimum Gasteiger partial charge on any atom is -0.283 e. The van der Waals surface area contributed by atoms with Crippen LogP contribution < -0.4 is 5.56 Å². The molecule has 0 unspecified atom stereocenters. The van der Waals surface area contributed by atoms with Crippen LogP contribution in [0.2, 0.25) is 5.02 Å². The number of hydrogen-bond acceptors (Lipinski definition) is 1. The number of rotatable bonds is 2. The van der Waals surface area contributed by atoms with Crippen LogP contribution in [-0.4, -0.2) is 4.40 Å². The Labute approximate surface area is 173 Å². The third-order valence-corrected chi connectivity index (χ3v) is 5.66. The van der Waals surface area contributed by atoms with Crippen LogP contribution >= 0.6 is 11.6 Å². The predicted octanol–water partition coefficient (Wildman–Crippen LogP) is 6.75. The molecule has 0 spiro atoms. The first-order valence-corrected chi connectivity index (χ1v) is 9.90. The van der Waals surface area contributed by atoms with Crippen molar-refractivity contribution >= 4 is 27.9 Å². The maximum atomic E-state index is 13.7. The minimum atomic E-state index is -0.0301. The molecule has 0 saturated heterocycles. The summed E-state index contributed by atoms with van der Waals surface area (Å²) in [5.74, 6) is 0. The molecule has 0 saturated carbocycles. The summed E-state index contributed by atoms with van der Waals surface area (Å²) < 4.78 is 1.77. The summed E-state index contributed by atoms with van der Waals surface area (Å²) in [5.41, 5.74) is 5.43. The molecule has 2 nitrogen and oxygen atoms in total. The number of benzene rings is 3. The van der Waals surface area contributed by atoms with Crippen molar-refractivity contribution in [3.63, 3.8) is 0 Å². The van der Waals surface area contributed by atoms with Crippen molar-refractivity contribution in [2.24, 2.45) is 0 Å². The van der Waals surface area contributed by atoms with Gasteiger partial charge in [0.05, 0.1) is 11.1 Å². The molecule has 3 aromatic carbocycles. The summed E-state index contributed by atoms with van der Waals surface area (Å²) >= 11 is 6.09. The van der Waals surface area contributed by atoms with Gasteiger partial charge in [0.15, 0.2) is 0 Å². The predicted molar refractivity (Wildman–Crippen MR) is 122 cm³/mol. The molecule has 0 atom stereocenters. The third kappa shape index (κ3) is 2.93. The van der Waals surface area contributed by atoms with Gasteiger partial charge in [-0.1, -0.05) is 78.3 Å². The summed E-state index contributed by atoms with van der Waals surface area (Å²) in [5, 5.41) is 2.88. The molecule has 0 N–H and O–H groups in total. The van der Waals surface area contributed by atoms with E-state index in [1.807, 2.05) is 79.9 Å². The molecule has 2 aromatic heterocycles. The van der Waals surface area contributed by atoms with Crippen molar-refractivity contribution < 1.29 is 0 Å². The zero-order valence-electron chi connectivity index (χ0n) is 15.9. The van der Waals surface area contributed by atoms with Crippen LogP contribution in [0.5, 0.6) is 0 Å². The average molecular weight is 396 g/mol. The van der Waals surface area contributed by atoms with E-state index in [1.54, 1.807) is 4.40 Å². The largest absolute Gasteiger partial charge is 0.283 e. The van der Waals surface area contributed by atoms with Crippen molar-refractivity contribution in [2.75, 3.05) is 0 Å². The molecule has 3 heteroatoms. The Morgan fingerprint density at radius 2 is 1.41 bits per heavy atom. The quantitative estimate of drug-likeness (QED) is 0.303. The van der Waals surface area contributed by atoms with Crippen molar-refractivity contribution in [2.45, 2.75) is 6.92 Å². The van der Waals surface area contributed by atoms with Gasteiger partial charge in [0.1, 0.15) is 0 Å². The van der Waals surface area contributed by atoms with Gasteiger partial charge in [-0.3, -0.25) is 9.20 Å². The standard InChI is InChI=1S/C26H18ClNO/c1-17-16-28-24(22-10-6-5-9-21(17)22)15-23(18-7-3-2-4-8-18)25(26(28)29)19-11-13-20(27)14-12-19/h2-16H,1H3. The first-order valence-electron chi connectivity index (χ1n) is 9.52. The lowest BCUT2D eigenvalue weighted by Crippen LogP contribution is -2.17. The van der Waals surface area contributed by atoms with Crippen LogP contribution in [0.1, 0.15) is 5.56 Å². The van der Waals surface area contributed by atoms with Crippen LogP contribution in [-0.2, 0) is 0 Å². The molecule has 29 heavy (non-hydrogen) atoms. The second-order valence-corrected chi connectivity index (χ2v) is 7.66. The van der Waals surface area contributed by atoms with Crippen LogP contribution in [0, 0.1) is 6.92 Å². The SMILES string of the molecule is Cc1cn2c(=O)c(-c3ccc(Cl)cc3)c(-c3ccccc3)cc2c2ccccc12. The van der Waals surface area contributed by atoms with Crippen molar-refractivity contribution in [3.8, 4) is 22.3 Å². The number of hydrogen-bond donors (Lipinski definition) is 0. The Morgan fingerprint density at radius 3 is 2.14 bits per heavy atom. The smallest absolute Gasteiger partial charge is 0.263 e. The van der Waals surface area contributed by atoms with Gasteiger partial charge in [0.2, 0.25) is 0 Å². The molecule has 2 heterocycles. The van der Waals surface area contributed by atoms with Crippen LogP contribution in [0.4, 0.5) is 0 Å². The highest BCUT2D eigenvalue weighted by atomic mass is 35.5. The highest BCUT2D eigenvalue weighted by Gasteiger charge is 2.16. The van der Waals surface area contributed by atoms with Gasteiger partial charge >= 0.3 is 0 Å². The highest BCUT2D eigenvalue weighted by molar-refractivity contribution is 6.30. The zero-order chi connectivity index (χ0) is 20.0. The van der Waals surface area contributed by atoms with E-state index < -0.39 is 0 Å². The maximum Gasteiger partial charge on any atom is 0.263 e. The molecule has 0 fully saturated rings. The lowest BCUT2D eigenvalue weighted by atomic mass is 9.94. The monoisotopic (exact) mass is 395 g/mol. The molecule has 0 amide bonds. The van der Waals surface area contributed by atoms with Gasteiger partial charge < -0.3 is 0 Å². The van der Waals surface area contributed by atoms with E-state index in [0.717, 1.165) is 38.5 Å².